The van der Waals surface area contributed by atoms with E-state index in [0.717, 1.165) is 24.9 Å². The Bertz CT molecular complexity index is 800. The van der Waals surface area contributed by atoms with Gasteiger partial charge in [0, 0.05) is 30.6 Å². The van der Waals surface area contributed by atoms with E-state index in [0.29, 0.717) is 18.7 Å². The number of carbonyl (C=O) groups is 2. The van der Waals surface area contributed by atoms with Gasteiger partial charge in [-0.15, -0.1) is 11.3 Å². The van der Waals surface area contributed by atoms with Gasteiger partial charge in [0.25, 0.3) is 5.91 Å². The van der Waals surface area contributed by atoms with E-state index in [2.05, 4.69) is 23.7 Å². The lowest BCUT2D eigenvalue weighted by Crippen LogP contribution is -2.43. The summed E-state index contributed by atoms with van der Waals surface area (Å²) in [5.41, 5.74) is 3.06. The molecule has 1 aliphatic rings. The third-order valence-corrected chi connectivity index (χ3v) is 6.10. The molecule has 1 aromatic carbocycles. The van der Waals surface area contributed by atoms with Gasteiger partial charge in [-0.3, -0.25) is 14.5 Å². The number of likely N-dealkylation sites (N-methyl/N-ethyl adjacent to an activating group) is 1. The molecule has 2 amide bonds. The third-order valence-electron chi connectivity index (χ3n) is 5.10. The molecule has 1 N–H and O–H groups in total. The summed E-state index contributed by atoms with van der Waals surface area (Å²) in [5.74, 6) is 0.0942. The second-order valence-corrected chi connectivity index (χ2v) is 8.01. The minimum Gasteiger partial charge on any atom is -0.355 e. The van der Waals surface area contributed by atoms with Crippen molar-refractivity contribution in [1.82, 2.24) is 15.1 Å². The first-order valence-electron chi connectivity index (χ1n) is 9.38. The van der Waals surface area contributed by atoms with E-state index in [9.17, 15) is 9.59 Å². The zero-order chi connectivity index (χ0) is 19.4. The fourth-order valence-electron chi connectivity index (χ4n) is 3.73. The van der Waals surface area contributed by atoms with Crippen molar-refractivity contribution in [3.63, 3.8) is 0 Å². The minimum atomic E-state index is -0.0893. The van der Waals surface area contributed by atoms with Crippen LogP contribution in [0.15, 0.2) is 35.7 Å². The number of fused-ring (bicyclic) bond motifs is 1. The van der Waals surface area contributed by atoms with Gasteiger partial charge in [0.05, 0.1) is 12.6 Å². The van der Waals surface area contributed by atoms with Gasteiger partial charge >= 0.3 is 0 Å². The molecule has 1 aromatic heterocycles. The Morgan fingerprint density at radius 1 is 1.26 bits per heavy atom. The molecule has 0 saturated heterocycles. The van der Waals surface area contributed by atoms with Crippen molar-refractivity contribution in [3.8, 4) is 0 Å². The molecule has 1 unspecified atom stereocenters. The van der Waals surface area contributed by atoms with Crippen molar-refractivity contribution in [2.45, 2.75) is 32.4 Å². The molecule has 0 aliphatic carbocycles. The van der Waals surface area contributed by atoms with Crippen molar-refractivity contribution in [2.75, 3.05) is 27.2 Å². The number of nitrogens with zero attached hydrogens (tertiary/aromatic N) is 2. The molecule has 144 valence electrons. The van der Waals surface area contributed by atoms with E-state index in [-0.39, 0.29) is 17.9 Å². The van der Waals surface area contributed by atoms with E-state index in [1.807, 2.05) is 41.1 Å². The Morgan fingerprint density at radius 2 is 2.00 bits per heavy atom. The number of hydrogen-bond donors (Lipinski definition) is 1. The van der Waals surface area contributed by atoms with Gasteiger partial charge in [0.15, 0.2) is 0 Å². The van der Waals surface area contributed by atoms with Crippen LogP contribution in [0.3, 0.4) is 0 Å². The van der Waals surface area contributed by atoms with Crippen LogP contribution in [0.25, 0.3) is 0 Å². The van der Waals surface area contributed by atoms with Crippen LogP contribution in [0.2, 0.25) is 0 Å². The molecular formula is C21H27N3O2S. The van der Waals surface area contributed by atoms with Crippen LogP contribution in [-0.4, -0.2) is 48.8 Å². The van der Waals surface area contributed by atoms with Crippen molar-refractivity contribution in [3.05, 3.63) is 57.3 Å². The number of amides is 2. The molecule has 1 atom stereocenters. The predicted octanol–water partition coefficient (Wildman–Crippen LogP) is 3.08. The second-order valence-electron chi connectivity index (χ2n) is 7.01. The van der Waals surface area contributed by atoms with Crippen LogP contribution in [0.5, 0.6) is 0 Å². The van der Waals surface area contributed by atoms with E-state index >= 15 is 0 Å². The van der Waals surface area contributed by atoms with Crippen LogP contribution < -0.4 is 5.32 Å². The highest BCUT2D eigenvalue weighted by atomic mass is 32.1. The molecule has 6 heteroatoms. The number of hydrogen-bond acceptors (Lipinski definition) is 4. The highest BCUT2D eigenvalue weighted by Crippen LogP contribution is 2.35. The lowest BCUT2D eigenvalue weighted by molar-refractivity contribution is -0.135. The minimum absolute atomic E-state index is 0.0893. The van der Waals surface area contributed by atoms with Gasteiger partial charge in [0.1, 0.15) is 0 Å². The van der Waals surface area contributed by atoms with Crippen LogP contribution >= 0.6 is 11.3 Å². The van der Waals surface area contributed by atoms with Gasteiger partial charge in [-0.1, -0.05) is 19.1 Å². The maximum Gasteiger partial charge on any atom is 0.251 e. The monoisotopic (exact) mass is 385 g/mol. The molecule has 0 bridgehead atoms. The Hall–Kier alpha value is -2.18. The maximum absolute atomic E-state index is 12.9. The third kappa shape index (κ3) is 4.39. The Morgan fingerprint density at radius 3 is 2.67 bits per heavy atom. The summed E-state index contributed by atoms with van der Waals surface area (Å²) in [4.78, 5) is 30.0. The summed E-state index contributed by atoms with van der Waals surface area (Å²) in [6, 6.07) is 9.90. The van der Waals surface area contributed by atoms with Gasteiger partial charge in [0.2, 0.25) is 5.91 Å². The molecule has 2 aromatic rings. The molecule has 5 nitrogen and oxygen atoms in total. The quantitative estimate of drug-likeness (QED) is 0.831. The standard InChI is InChI=1S/C21H27N3O2S/c1-4-18-17-10-12-27-19(17)9-11-24(18)20(25)14-23(3)13-15-5-7-16(8-6-15)21(26)22-2/h5-8,10,12,18H,4,9,11,13-14H2,1-3H3,(H,22,26). The molecule has 27 heavy (non-hydrogen) atoms. The summed E-state index contributed by atoms with van der Waals surface area (Å²) in [6.07, 6.45) is 1.90. The summed E-state index contributed by atoms with van der Waals surface area (Å²) >= 11 is 1.80. The highest BCUT2D eigenvalue weighted by molar-refractivity contribution is 7.10. The average Bonchev–Trinajstić information content (AvgIpc) is 3.15. The van der Waals surface area contributed by atoms with Crippen molar-refractivity contribution < 1.29 is 9.59 Å². The average molecular weight is 386 g/mol. The summed E-state index contributed by atoms with van der Waals surface area (Å²) in [5, 5.41) is 4.75. The molecule has 1 aliphatic heterocycles. The maximum atomic E-state index is 12.9. The highest BCUT2D eigenvalue weighted by Gasteiger charge is 2.30. The lowest BCUT2D eigenvalue weighted by Gasteiger charge is -2.36. The van der Waals surface area contributed by atoms with E-state index in [1.165, 1.54) is 10.4 Å². The predicted molar refractivity (Wildman–Crippen MR) is 109 cm³/mol. The Kier molecular flexibility index (Phi) is 6.29. The first-order valence-corrected chi connectivity index (χ1v) is 10.3. The van der Waals surface area contributed by atoms with Crippen LogP contribution in [0.1, 0.15) is 45.7 Å². The second kappa shape index (κ2) is 8.67. The van der Waals surface area contributed by atoms with Gasteiger partial charge in [-0.25, -0.2) is 0 Å². The normalized spacial score (nSPS) is 16.3. The number of thiophene rings is 1. The Balaban J connectivity index is 1.60. The molecule has 2 heterocycles. The van der Waals surface area contributed by atoms with Gasteiger partial charge in [-0.2, -0.15) is 0 Å². The zero-order valence-electron chi connectivity index (χ0n) is 16.2. The number of carbonyl (C=O) groups excluding carboxylic acids is 2. The van der Waals surface area contributed by atoms with Gasteiger partial charge < -0.3 is 10.2 Å². The first kappa shape index (κ1) is 19.6. The summed E-state index contributed by atoms with van der Waals surface area (Å²) in [7, 11) is 3.59. The fraction of sp³-hybridized carbons (Fsp3) is 0.429. The van der Waals surface area contributed by atoms with Crippen molar-refractivity contribution in [1.29, 1.82) is 0 Å². The van der Waals surface area contributed by atoms with Crippen LogP contribution in [0, 0.1) is 0 Å². The Labute approximate surface area is 165 Å². The van der Waals surface area contributed by atoms with Crippen LogP contribution in [0.4, 0.5) is 0 Å². The van der Waals surface area contributed by atoms with E-state index < -0.39 is 0 Å². The van der Waals surface area contributed by atoms with Gasteiger partial charge in [-0.05, 0) is 54.6 Å². The smallest absolute Gasteiger partial charge is 0.251 e. The van der Waals surface area contributed by atoms with Crippen molar-refractivity contribution in [2.24, 2.45) is 0 Å². The first-order chi connectivity index (χ1) is 13.0. The number of rotatable bonds is 6. The molecule has 0 spiro atoms. The molecule has 0 fully saturated rings. The molecule has 3 rings (SSSR count). The topological polar surface area (TPSA) is 52.7 Å². The number of nitrogens with one attached hydrogen (secondary N) is 1. The van der Waals surface area contributed by atoms with E-state index in [1.54, 1.807) is 18.4 Å². The SMILES string of the molecule is CCC1c2ccsc2CCN1C(=O)CN(C)Cc1ccc(C(=O)NC)cc1. The van der Waals surface area contributed by atoms with Crippen LogP contribution in [-0.2, 0) is 17.8 Å². The van der Waals surface area contributed by atoms with Crippen molar-refractivity contribution >= 4 is 23.2 Å². The molecular weight excluding hydrogens is 358 g/mol. The fourth-order valence-corrected chi connectivity index (χ4v) is 4.66. The lowest BCUT2D eigenvalue weighted by atomic mass is 9.97. The molecule has 0 radical (unpaired) electrons. The summed E-state index contributed by atoms with van der Waals surface area (Å²) in [6.45, 7) is 4.02. The number of benzene rings is 1. The van der Waals surface area contributed by atoms with E-state index in [4.69, 9.17) is 0 Å². The summed E-state index contributed by atoms with van der Waals surface area (Å²) < 4.78 is 0. The molecule has 0 saturated carbocycles. The zero-order valence-corrected chi connectivity index (χ0v) is 17.0. The largest absolute Gasteiger partial charge is 0.355 e.